The Balaban J connectivity index is 2.12. The molecule has 1 aliphatic rings. The van der Waals surface area contributed by atoms with E-state index >= 15 is 0 Å². The minimum absolute atomic E-state index is 0.162. The number of rotatable bonds is 9. The van der Waals surface area contributed by atoms with Gasteiger partial charge in [0, 0.05) is 12.7 Å². The number of nitrogens with one attached hydrogen (secondary N) is 1. The van der Waals surface area contributed by atoms with Gasteiger partial charge in [0.15, 0.2) is 16.6 Å². The van der Waals surface area contributed by atoms with Crippen LogP contribution in [-0.2, 0) is 16.1 Å². The minimum Gasteiger partial charge on any atom is -0.490 e. The monoisotopic (exact) mass is 485 g/mol. The van der Waals surface area contributed by atoms with Crippen molar-refractivity contribution in [1.82, 2.24) is 10.2 Å². The molecule has 0 saturated carbocycles. The van der Waals surface area contributed by atoms with Crippen LogP contribution in [0, 0.1) is 10.1 Å². The van der Waals surface area contributed by atoms with Gasteiger partial charge in [-0.3, -0.25) is 10.1 Å². The van der Waals surface area contributed by atoms with Gasteiger partial charge in [0.05, 0.1) is 41.4 Å². The van der Waals surface area contributed by atoms with Crippen LogP contribution >= 0.6 is 12.2 Å². The van der Waals surface area contributed by atoms with Gasteiger partial charge in [0.1, 0.15) is 6.61 Å². The van der Waals surface area contributed by atoms with E-state index in [0.717, 1.165) is 5.56 Å². The number of nitro groups is 1. The number of nitro benzene ring substituents is 1. The van der Waals surface area contributed by atoms with Crippen molar-refractivity contribution >= 4 is 29.0 Å². The van der Waals surface area contributed by atoms with Crippen molar-refractivity contribution in [3.63, 3.8) is 0 Å². The van der Waals surface area contributed by atoms with Crippen LogP contribution in [0.5, 0.6) is 11.5 Å². The van der Waals surface area contributed by atoms with Crippen LogP contribution in [0.25, 0.3) is 0 Å². The molecule has 0 bridgehead atoms. The van der Waals surface area contributed by atoms with Crippen LogP contribution in [0.1, 0.15) is 37.9 Å². The van der Waals surface area contributed by atoms with Gasteiger partial charge in [-0.1, -0.05) is 30.3 Å². The van der Waals surface area contributed by atoms with Crippen molar-refractivity contribution < 1.29 is 23.9 Å². The topological polar surface area (TPSA) is 103 Å². The van der Waals surface area contributed by atoms with Gasteiger partial charge in [0.25, 0.3) is 5.69 Å². The Bertz CT molecular complexity index is 1120. The van der Waals surface area contributed by atoms with E-state index in [4.69, 9.17) is 26.4 Å². The van der Waals surface area contributed by atoms with Gasteiger partial charge in [-0.2, -0.15) is 0 Å². The van der Waals surface area contributed by atoms with Crippen LogP contribution in [0.3, 0.4) is 0 Å². The Morgan fingerprint density at radius 3 is 2.44 bits per heavy atom. The summed E-state index contributed by atoms with van der Waals surface area (Å²) in [6.07, 6.45) is 0. The first-order valence-electron chi connectivity index (χ1n) is 10.8. The zero-order valence-electron chi connectivity index (χ0n) is 19.5. The van der Waals surface area contributed by atoms with Crippen molar-refractivity contribution in [3.05, 3.63) is 75.0 Å². The maximum atomic E-state index is 12.8. The molecule has 0 fully saturated rings. The molecule has 0 aromatic heterocycles. The average Bonchev–Trinajstić information content (AvgIpc) is 2.82. The van der Waals surface area contributed by atoms with Crippen LogP contribution in [0.2, 0.25) is 0 Å². The predicted molar refractivity (Wildman–Crippen MR) is 131 cm³/mol. The molecule has 1 atom stereocenters. The Morgan fingerprint density at radius 2 is 1.82 bits per heavy atom. The SMILES string of the molecule is CCOC(=O)C1=C(C)N(C)C(=S)N[C@H]1c1cc(OCC)c(OCc2ccccc2)cc1[N+](=O)[O-]. The first kappa shape index (κ1) is 25.0. The molecule has 1 heterocycles. The first-order chi connectivity index (χ1) is 16.3. The van der Waals surface area contributed by atoms with Gasteiger partial charge >= 0.3 is 5.97 Å². The third-order valence-corrected chi connectivity index (χ3v) is 5.78. The molecule has 0 saturated heterocycles. The van der Waals surface area contributed by atoms with E-state index in [1.54, 1.807) is 32.7 Å². The van der Waals surface area contributed by atoms with Crippen molar-refractivity contribution in [2.45, 2.75) is 33.4 Å². The van der Waals surface area contributed by atoms with Gasteiger partial charge in [0.2, 0.25) is 0 Å². The standard InChI is InChI=1S/C24H27N3O6S/c1-5-31-19-12-17(22-21(23(28)32-6-2)15(3)26(4)24(34)25-22)18(27(29)30)13-20(19)33-14-16-10-8-7-9-11-16/h7-13,22H,5-6,14H2,1-4H3,(H,25,34)/t22-/m0/s1. The molecule has 1 aliphatic heterocycles. The number of carbonyl (C=O) groups excluding carboxylic acids is 1. The fourth-order valence-electron chi connectivity index (χ4n) is 3.61. The van der Waals surface area contributed by atoms with E-state index in [1.165, 1.54) is 12.1 Å². The zero-order valence-corrected chi connectivity index (χ0v) is 20.3. The molecular formula is C24H27N3O6S. The number of hydrogen-bond acceptors (Lipinski definition) is 7. The lowest BCUT2D eigenvalue weighted by molar-refractivity contribution is -0.385. The summed E-state index contributed by atoms with van der Waals surface area (Å²) in [6, 6.07) is 11.4. The minimum atomic E-state index is -0.898. The molecule has 0 unspecified atom stereocenters. The van der Waals surface area contributed by atoms with E-state index in [0.29, 0.717) is 23.2 Å². The second kappa shape index (κ2) is 11.0. The summed E-state index contributed by atoms with van der Waals surface area (Å²) in [5, 5.41) is 15.5. The number of ether oxygens (including phenoxy) is 3. The largest absolute Gasteiger partial charge is 0.490 e. The number of benzene rings is 2. The average molecular weight is 486 g/mol. The van der Waals surface area contributed by atoms with Gasteiger partial charge < -0.3 is 24.4 Å². The van der Waals surface area contributed by atoms with E-state index in [-0.39, 0.29) is 35.8 Å². The zero-order chi connectivity index (χ0) is 24.8. The summed E-state index contributed by atoms with van der Waals surface area (Å²) in [5.74, 6) is -0.0231. The second-order valence-electron chi connectivity index (χ2n) is 7.48. The highest BCUT2D eigenvalue weighted by molar-refractivity contribution is 7.80. The number of carbonyl (C=O) groups is 1. The maximum absolute atomic E-state index is 12.8. The van der Waals surface area contributed by atoms with E-state index in [1.807, 2.05) is 30.3 Å². The molecule has 180 valence electrons. The smallest absolute Gasteiger partial charge is 0.338 e. The highest BCUT2D eigenvalue weighted by Gasteiger charge is 2.38. The molecular weight excluding hydrogens is 458 g/mol. The molecule has 2 aromatic rings. The summed E-state index contributed by atoms with van der Waals surface area (Å²) in [5.41, 5.74) is 1.68. The Kier molecular flexibility index (Phi) is 8.06. The van der Waals surface area contributed by atoms with Crippen molar-refractivity contribution in [2.75, 3.05) is 20.3 Å². The van der Waals surface area contributed by atoms with Crippen molar-refractivity contribution in [1.29, 1.82) is 0 Å². The lowest BCUT2D eigenvalue weighted by Crippen LogP contribution is -2.46. The van der Waals surface area contributed by atoms with Crippen LogP contribution in [0.15, 0.2) is 53.7 Å². The van der Waals surface area contributed by atoms with Gasteiger partial charge in [-0.15, -0.1) is 0 Å². The summed E-state index contributed by atoms with van der Waals surface area (Å²) >= 11 is 5.40. The fourth-order valence-corrected chi connectivity index (χ4v) is 3.87. The fraction of sp³-hybridized carbons (Fsp3) is 0.333. The summed E-state index contributed by atoms with van der Waals surface area (Å²) < 4.78 is 16.9. The summed E-state index contributed by atoms with van der Waals surface area (Å²) in [6.45, 7) is 5.91. The van der Waals surface area contributed by atoms with Gasteiger partial charge in [-0.05, 0) is 44.6 Å². The van der Waals surface area contributed by atoms with Crippen molar-refractivity contribution in [2.24, 2.45) is 0 Å². The molecule has 0 radical (unpaired) electrons. The lowest BCUT2D eigenvalue weighted by Gasteiger charge is -2.35. The molecule has 9 nitrogen and oxygen atoms in total. The van der Waals surface area contributed by atoms with Crippen LogP contribution in [-0.4, -0.2) is 41.2 Å². The maximum Gasteiger partial charge on any atom is 0.338 e. The lowest BCUT2D eigenvalue weighted by atomic mass is 9.93. The third kappa shape index (κ3) is 5.28. The Hall–Kier alpha value is -3.66. The first-order valence-corrected chi connectivity index (χ1v) is 11.2. The molecule has 0 amide bonds. The number of hydrogen-bond donors (Lipinski definition) is 1. The van der Waals surface area contributed by atoms with Crippen LogP contribution < -0.4 is 14.8 Å². The van der Waals surface area contributed by atoms with E-state index < -0.39 is 16.9 Å². The summed E-state index contributed by atoms with van der Waals surface area (Å²) in [4.78, 5) is 26.1. The molecule has 10 heteroatoms. The Morgan fingerprint density at radius 1 is 1.15 bits per heavy atom. The number of esters is 1. The van der Waals surface area contributed by atoms with Crippen molar-refractivity contribution in [3.8, 4) is 11.5 Å². The molecule has 0 spiro atoms. The number of nitrogens with zero attached hydrogens (tertiary/aromatic N) is 2. The number of allylic oxidation sites excluding steroid dienone is 1. The van der Waals surface area contributed by atoms with Gasteiger partial charge in [-0.25, -0.2) is 4.79 Å². The second-order valence-corrected chi connectivity index (χ2v) is 7.87. The Labute approximate surface area is 203 Å². The highest BCUT2D eigenvalue weighted by Crippen LogP contribution is 2.42. The highest BCUT2D eigenvalue weighted by atomic mass is 32.1. The molecule has 3 rings (SSSR count). The van der Waals surface area contributed by atoms with Crippen LogP contribution in [0.4, 0.5) is 5.69 Å². The summed E-state index contributed by atoms with van der Waals surface area (Å²) in [7, 11) is 1.71. The van der Waals surface area contributed by atoms with E-state index in [2.05, 4.69) is 5.32 Å². The predicted octanol–water partition coefficient (Wildman–Crippen LogP) is 4.27. The molecule has 34 heavy (non-hydrogen) atoms. The number of thiocarbonyl (C=S) groups is 1. The molecule has 2 aromatic carbocycles. The quantitative estimate of drug-likeness (QED) is 0.241. The molecule has 1 N–H and O–H groups in total. The third-order valence-electron chi connectivity index (χ3n) is 5.39. The molecule has 0 aliphatic carbocycles. The van der Waals surface area contributed by atoms with E-state index in [9.17, 15) is 14.9 Å². The normalized spacial score (nSPS) is 15.6.